The molecule has 0 aliphatic heterocycles. The highest BCUT2D eigenvalue weighted by atomic mass is 15.1. The highest BCUT2D eigenvalue weighted by Gasteiger charge is 2.18. The summed E-state index contributed by atoms with van der Waals surface area (Å²) in [6.07, 6.45) is 0. The molecule has 0 amide bonds. The van der Waals surface area contributed by atoms with Gasteiger partial charge < -0.3 is 4.90 Å². The summed E-state index contributed by atoms with van der Waals surface area (Å²) in [4.78, 5) is 7.68. The first-order valence-electron chi connectivity index (χ1n) is 18.4. The van der Waals surface area contributed by atoms with Crippen molar-refractivity contribution in [3.63, 3.8) is 0 Å². The molecule has 1 heterocycles. The first-order valence-corrected chi connectivity index (χ1v) is 18.4. The molecule has 0 saturated carbocycles. The lowest BCUT2D eigenvalue weighted by Crippen LogP contribution is -2.09. The van der Waals surface area contributed by atoms with Crippen molar-refractivity contribution in [1.29, 1.82) is 0 Å². The normalized spacial score (nSPS) is 11.3. The summed E-state index contributed by atoms with van der Waals surface area (Å²) >= 11 is 0. The molecule has 0 aliphatic rings. The lowest BCUT2D eigenvalue weighted by atomic mass is 10.0. The molecule has 54 heavy (non-hydrogen) atoms. The van der Waals surface area contributed by atoms with E-state index >= 15 is 0 Å². The second-order valence-corrected chi connectivity index (χ2v) is 13.7. The van der Waals surface area contributed by atoms with Gasteiger partial charge in [-0.25, -0.2) is 4.98 Å². The number of aromatic nitrogens is 2. The number of nitrogens with zero attached hydrogens (tertiary/aromatic N) is 3. The maximum atomic E-state index is 5.37. The first-order chi connectivity index (χ1) is 26.8. The van der Waals surface area contributed by atoms with Gasteiger partial charge in [-0.2, -0.15) is 0 Å². The predicted octanol–water partition coefficient (Wildman–Crippen LogP) is 13.8. The summed E-state index contributed by atoms with van der Waals surface area (Å²) in [6, 6.07) is 75.7. The van der Waals surface area contributed by atoms with E-state index in [9.17, 15) is 0 Å². The zero-order valence-electron chi connectivity index (χ0n) is 29.5. The van der Waals surface area contributed by atoms with Crippen molar-refractivity contribution in [3.8, 4) is 39.3 Å². The molecule has 3 heteroatoms. The number of rotatable bonds is 7. The number of imidazole rings is 1. The third-order valence-electron chi connectivity index (χ3n) is 10.4. The smallest absolute Gasteiger partial charge is 0.145 e. The molecule has 0 saturated heterocycles. The second kappa shape index (κ2) is 13.4. The van der Waals surface area contributed by atoms with E-state index in [-0.39, 0.29) is 0 Å². The molecule has 0 radical (unpaired) electrons. The van der Waals surface area contributed by atoms with Crippen LogP contribution in [0.1, 0.15) is 0 Å². The average Bonchev–Trinajstić information content (AvgIpc) is 3.65. The molecule has 10 aromatic rings. The molecular formula is C51H35N3. The van der Waals surface area contributed by atoms with E-state index in [0.717, 1.165) is 50.6 Å². The number of fused-ring (bicyclic) bond motifs is 4. The van der Waals surface area contributed by atoms with Crippen LogP contribution in [-0.2, 0) is 0 Å². The van der Waals surface area contributed by atoms with Gasteiger partial charge in [-0.3, -0.25) is 4.57 Å². The molecule has 10 rings (SSSR count). The molecule has 9 aromatic carbocycles. The fraction of sp³-hybridized carbons (Fsp3) is 0. The fourth-order valence-corrected chi connectivity index (χ4v) is 7.66. The van der Waals surface area contributed by atoms with E-state index < -0.39 is 0 Å². The van der Waals surface area contributed by atoms with E-state index in [1.165, 1.54) is 38.4 Å². The molecule has 0 atom stereocenters. The fourth-order valence-electron chi connectivity index (χ4n) is 7.66. The second-order valence-electron chi connectivity index (χ2n) is 13.7. The Hall–Kier alpha value is -7.23. The minimum absolute atomic E-state index is 0.909. The summed E-state index contributed by atoms with van der Waals surface area (Å²) in [7, 11) is 0. The van der Waals surface area contributed by atoms with Gasteiger partial charge in [-0.05, 0) is 111 Å². The molecule has 0 aliphatic carbocycles. The molecule has 3 nitrogen and oxygen atoms in total. The topological polar surface area (TPSA) is 21.1 Å². The van der Waals surface area contributed by atoms with Gasteiger partial charge >= 0.3 is 0 Å². The van der Waals surface area contributed by atoms with Crippen LogP contribution in [0.5, 0.6) is 0 Å². The summed E-state index contributed by atoms with van der Waals surface area (Å²) in [6.45, 7) is 0. The van der Waals surface area contributed by atoms with Crippen LogP contribution in [0.2, 0.25) is 0 Å². The van der Waals surface area contributed by atoms with Crippen LogP contribution in [-0.4, -0.2) is 9.55 Å². The van der Waals surface area contributed by atoms with Crippen molar-refractivity contribution >= 4 is 49.6 Å². The summed E-state index contributed by atoms with van der Waals surface area (Å²) in [5.41, 5.74) is 12.3. The lowest BCUT2D eigenvalue weighted by Gasteiger charge is -2.26. The molecule has 254 valence electrons. The summed E-state index contributed by atoms with van der Waals surface area (Å²) in [5.74, 6) is 0.909. The number of para-hydroxylation sites is 1. The Labute approximate surface area is 314 Å². The lowest BCUT2D eigenvalue weighted by molar-refractivity contribution is 1.10. The van der Waals surface area contributed by atoms with Crippen molar-refractivity contribution in [3.05, 3.63) is 212 Å². The van der Waals surface area contributed by atoms with Gasteiger partial charge in [-0.15, -0.1) is 0 Å². The van der Waals surface area contributed by atoms with Crippen molar-refractivity contribution in [2.75, 3.05) is 4.90 Å². The quantitative estimate of drug-likeness (QED) is 0.166. The van der Waals surface area contributed by atoms with Crippen molar-refractivity contribution < 1.29 is 0 Å². The van der Waals surface area contributed by atoms with Gasteiger partial charge in [0, 0.05) is 33.7 Å². The van der Waals surface area contributed by atoms with Crippen LogP contribution in [0.4, 0.5) is 17.1 Å². The molecular weight excluding hydrogens is 655 g/mol. The number of hydrogen-bond acceptors (Lipinski definition) is 2. The number of hydrogen-bond donors (Lipinski definition) is 0. The summed E-state index contributed by atoms with van der Waals surface area (Å²) < 4.78 is 2.30. The number of anilines is 3. The van der Waals surface area contributed by atoms with Crippen molar-refractivity contribution in [1.82, 2.24) is 9.55 Å². The molecule has 0 fully saturated rings. The van der Waals surface area contributed by atoms with Crippen molar-refractivity contribution in [2.24, 2.45) is 0 Å². The Bertz CT molecular complexity index is 2890. The van der Waals surface area contributed by atoms with Crippen LogP contribution >= 0.6 is 0 Å². The van der Waals surface area contributed by atoms with E-state index in [1.807, 2.05) is 0 Å². The zero-order chi connectivity index (χ0) is 35.8. The first kappa shape index (κ1) is 31.5. The predicted molar refractivity (Wildman–Crippen MR) is 227 cm³/mol. The maximum Gasteiger partial charge on any atom is 0.145 e. The SMILES string of the molecule is c1ccc(-c2ccc(-n3c(-c4ccc(N(c5ccccc5)c5ccc(-c6ccc7ccccc7c6)cc5)cc4)nc4c5ccccc5ccc43)cc2)cc1. The van der Waals surface area contributed by atoms with E-state index in [2.05, 4.69) is 222 Å². The van der Waals surface area contributed by atoms with Crippen LogP contribution < -0.4 is 4.90 Å². The van der Waals surface area contributed by atoms with Gasteiger partial charge in [-0.1, -0.05) is 140 Å². The molecule has 0 spiro atoms. The van der Waals surface area contributed by atoms with Crippen LogP contribution in [0.25, 0.3) is 71.9 Å². The van der Waals surface area contributed by atoms with E-state index in [1.54, 1.807) is 0 Å². The van der Waals surface area contributed by atoms with Crippen molar-refractivity contribution in [2.45, 2.75) is 0 Å². The Balaban J connectivity index is 1.05. The number of benzene rings is 9. The van der Waals surface area contributed by atoms with Gasteiger partial charge in [0.1, 0.15) is 5.82 Å². The monoisotopic (exact) mass is 689 g/mol. The Morgan fingerprint density at radius 1 is 0.352 bits per heavy atom. The molecule has 0 unspecified atom stereocenters. The maximum absolute atomic E-state index is 5.37. The highest BCUT2D eigenvalue weighted by molar-refractivity contribution is 6.06. The van der Waals surface area contributed by atoms with E-state index in [0.29, 0.717) is 0 Å². The minimum Gasteiger partial charge on any atom is -0.311 e. The zero-order valence-corrected chi connectivity index (χ0v) is 29.5. The Morgan fingerprint density at radius 3 is 1.57 bits per heavy atom. The standard InChI is InChI=1S/C51H35N3/c1-3-11-36(12-4-1)38-21-30-47(31-22-38)54-49-34-27-40-14-9-10-18-48(40)50(49)52-51(54)41-25-32-46(33-26-41)53(44-16-5-2-6-17-44)45-28-23-39(24-29-45)43-20-19-37-13-7-8-15-42(37)35-43/h1-35H. The average molecular weight is 690 g/mol. The third kappa shape index (κ3) is 5.69. The van der Waals surface area contributed by atoms with Gasteiger partial charge in [0.05, 0.1) is 11.0 Å². The van der Waals surface area contributed by atoms with Crippen LogP contribution in [0.15, 0.2) is 212 Å². The van der Waals surface area contributed by atoms with Gasteiger partial charge in [0.2, 0.25) is 0 Å². The largest absolute Gasteiger partial charge is 0.311 e. The van der Waals surface area contributed by atoms with Gasteiger partial charge in [0.15, 0.2) is 0 Å². The summed E-state index contributed by atoms with van der Waals surface area (Å²) in [5, 5.41) is 4.83. The van der Waals surface area contributed by atoms with Crippen LogP contribution in [0, 0.1) is 0 Å². The molecule has 1 aromatic heterocycles. The highest BCUT2D eigenvalue weighted by Crippen LogP contribution is 2.38. The Kier molecular flexibility index (Phi) is 7.81. The van der Waals surface area contributed by atoms with Crippen LogP contribution in [0.3, 0.4) is 0 Å². The third-order valence-corrected chi connectivity index (χ3v) is 10.4. The van der Waals surface area contributed by atoms with E-state index in [4.69, 9.17) is 4.98 Å². The Morgan fingerprint density at radius 2 is 0.852 bits per heavy atom. The minimum atomic E-state index is 0.909. The van der Waals surface area contributed by atoms with Gasteiger partial charge in [0.25, 0.3) is 0 Å². The molecule has 0 N–H and O–H groups in total. The molecule has 0 bridgehead atoms.